The molecule has 1 aliphatic carbocycles. The molecule has 0 amide bonds. The first-order chi connectivity index (χ1) is 16.0. The Hall–Kier alpha value is -2.53. The smallest absolute Gasteiger partial charge is 0.282 e. The van der Waals surface area contributed by atoms with Crippen molar-refractivity contribution in [3.63, 3.8) is 0 Å². The lowest BCUT2D eigenvalue weighted by Crippen LogP contribution is -2.60. The van der Waals surface area contributed by atoms with Crippen molar-refractivity contribution < 1.29 is 13.5 Å². The molecule has 2 aliphatic rings. The van der Waals surface area contributed by atoms with E-state index in [1.54, 1.807) is 14.9 Å². The summed E-state index contributed by atoms with van der Waals surface area (Å²) in [4.78, 5) is 14.1. The van der Waals surface area contributed by atoms with Gasteiger partial charge in [-0.05, 0) is 37.3 Å². The SMILES string of the molecule is O=S(=O)(N(CCCO)CCc1ccccc1)N1CCN(c2ncnc3[nH]ccc23)CC12CC2. The molecule has 0 atom stereocenters. The molecule has 3 heterocycles. The molecule has 0 radical (unpaired) electrons. The van der Waals surface area contributed by atoms with Crippen molar-refractivity contribution in [3.05, 3.63) is 54.5 Å². The molecule has 0 unspecified atom stereocenters. The quantitative estimate of drug-likeness (QED) is 0.494. The largest absolute Gasteiger partial charge is 0.396 e. The van der Waals surface area contributed by atoms with Gasteiger partial charge in [0.1, 0.15) is 17.8 Å². The normalized spacial score (nSPS) is 18.4. The Morgan fingerprint density at radius 1 is 1.09 bits per heavy atom. The van der Waals surface area contributed by atoms with Crippen LogP contribution >= 0.6 is 0 Å². The highest BCUT2D eigenvalue weighted by atomic mass is 32.2. The van der Waals surface area contributed by atoms with Crippen molar-refractivity contribution in [2.75, 3.05) is 44.2 Å². The zero-order valence-corrected chi connectivity index (χ0v) is 19.4. The topological polar surface area (TPSA) is 106 Å². The number of aliphatic hydroxyl groups excluding tert-OH is 1. The predicted molar refractivity (Wildman–Crippen MR) is 127 cm³/mol. The van der Waals surface area contributed by atoms with Crippen molar-refractivity contribution in [2.24, 2.45) is 0 Å². The maximum atomic E-state index is 13.8. The van der Waals surface area contributed by atoms with E-state index in [1.165, 1.54) is 0 Å². The zero-order chi connectivity index (χ0) is 22.9. The van der Waals surface area contributed by atoms with E-state index < -0.39 is 15.7 Å². The fourth-order valence-electron chi connectivity index (χ4n) is 4.79. The fraction of sp³-hybridized carbons (Fsp3) is 0.478. The molecule has 5 rings (SSSR count). The zero-order valence-electron chi connectivity index (χ0n) is 18.6. The van der Waals surface area contributed by atoms with Crippen LogP contribution in [0.1, 0.15) is 24.8 Å². The van der Waals surface area contributed by atoms with Gasteiger partial charge in [-0.1, -0.05) is 30.3 Å². The Balaban J connectivity index is 1.35. The van der Waals surface area contributed by atoms with Gasteiger partial charge < -0.3 is 15.0 Å². The van der Waals surface area contributed by atoms with Gasteiger partial charge in [0.05, 0.1) is 10.9 Å². The van der Waals surface area contributed by atoms with Crippen LogP contribution in [0.2, 0.25) is 0 Å². The summed E-state index contributed by atoms with van der Waals surface area (Å²) in [6, 6.07) is 11.9. The minimum absolute atomic E-state index is 0.0311. The molecule has 1 saturated carbocycles. The van der Waals surface area contributed by atoms with Crippen molar-refractivity contribution in [1.82, 2.24) is 23.6 Å². The number of piperazine rings is 1. The van der Waals surface area contributed by atoms with Gasteiger partial charge >= 0.3 is 0 Å². The highest BCUT2D eigenvalue weighted by molar-refractivity contribution is 7.86. The van der Waals surface area contributed by atoms with Crippen molar-refractivity contribution in [2.45, 2.75) is 31.2 Å². The predicted octanol–water partition coefficient (Wildman–Crippen LogP) is 1.78. The molecule has 9 nitrogen and oxygen atoms in total. The molecular weight excluding hydrogens is 440 g/mol. The fourth-order valence-corrected chi connectivity index (χ4v) is 6.80. The van der Waals surface area contributed by atoms with E-state index in [2.05, 4.69) is 19.9 Å². The standard InChI is InChI=1S/C23H30N6O3S/c30-16-4-12-28(13-8-19-5-2-1-3-6-19)33(31,32)29-15-14-27(17-23(29)9-10-23)22-20-7-11-24-21(20)25-18-26-22/h1-3,5-7,11,18,30H,4,8-10,12-17H2,(H,24,25,26). The molecule has 0 bridgehead atoms. The van der Waals surface area contributed by atoms with Gasteiger partial charge in [0.2, 0.25) is 0 Å². The average Bonchev–Trinajstić information content (AvgIpc) is 3.40. The third-order valence-corrected chi connectivity index (χ3v) is 8.85. The number of nitrogens with zero attached hydrogens (tertiary/aromatic N) is 5. The first-order valence-corrected chi connectivity index (χ1v) is 12.9. The van der Waals surface area contributed by atoms with Crippen LogP contribution in [0.5, 0.6) is 0 Å². The van der Waals surface area contributed by atoms with Gasteiger partial charge in [-0.25, -0.2) is 9.97 Å². The van der Waals surface area contributed by atoms with Gasteiger partial charge in [-0.15, -0.1) is 0 Å². The molecule has 1 spiro atoms. The van der Waals surface area contributed by atoms with Crippen LogP contribution in [0, 0.1) is 0 Å². The summed E-state index contributed by atoms with van der Waals surface area (Å²) in [7, 11) is -3.66. The summed E-state index contributed by atoms with van der Waals surface area (Å²) in [5, 5.41) is 10.3. The van der Waals surface area contributed by atoms with Gasteiger partial charge in [-0.3, -0.25) is 0 Å². The Morgan fingerprint density at radius 2 is 1.91 bits per heavy atom. The van der Waals surface area contributed by atoms with Crippen LogP contribution in [0.25, 0.3) is 11.0 Å². The van der Waals surface area contributed by atoms with Crippen LogP contribution in [0.15, 0.2) is 48.9 Å². The molecule has 2 aromatic heterocycles. The number of benzene rings is 1. The number of aromatic nitrogens is 3. The molecule has 1 aliphatic heterocycles. The third kappa shape index (κ3) is 4.35. The van der Waals surface area contributed by atoms with Crippen LogP contribution in [-0.2, 0) is 16.6 Å². The van der Waals surface area contributed by atoms with Crippen LogP contribution in [0.4, 0.5) is 5.82 Å². The highest BCUT2D eigenvalue weighted by Crippen LogP contribution is 2.47. The van der Waals surface area contributed by atoms with Gasteiger partial charge in [0.15, 0.2) is 0 Å². The Morgan fingerprint density at radius 3 is 2.67 bits per heavy atom. The maximum absolute atomic E-state index is 13.8. The van der Waals surface area contributed by atoms with E-state index in [1.807, 2.05) is 42.6 Å². The molecule has 3 aromatic rings. The Kier molecular flexibility index (Phi) is 6.09. The van der Waals surface area contributed by atoms with Gasteiger partial charge in [-0.2, -0.15) is 17.0 Å². The first-order valence-electron chi connectivity index (χ1n) is 11.5. The molecule has 1 saturated heterocycles. The summed E-state index contributed by atoms with van der Waals surface area (Å²) in [5.74, 6) is 0.853. The Labute approximate surface area is 194 Å². The number of aromatic amines is 1. The van der Waals surface area contributed by atoms with E-state index in [0.29, 0.717) is 45.6 Å². The number of H-pyrrole nitrogens is 1. The van der Waals surface area contributed by atoms with Crippen molar-refractivity contribution in [1.29, 1.82) is 0 Å². The van der Waals surface area contributed by atoms with Gasteiger partial charge in [0.25, 0.3) is 10.2 Å². The van der Waals surface area contributed by atoms with Crippen molar-refractivity contribution in [3.8, 4) is 0 Å². The summed E-state index contributed by atoms with van der Waals surface area (Å²) in [6.07, 6.45) is 6.16. The molecule has 176 valence electrons. The summed E-state index contributed by atoms with van der Waals surface area (Å²) < 4.78 is 30.9. The number of hydrogen-bond donors (Lipinski definition) is 2. The second-order valence-electron chi connectivity index (χ2n) is 8.87. The molecule has 2 N–H and O–H groups in total. The number of aliphatic hydroxyl groups is 1. The first kappa shape index (κ1) is 22.3. The molecule has 33 heavy (non-hydrogen) atoms. The van der Waals surface area contributed by atoms with Crippen LogP contribution in [-0.4, -0.2) is 82.0 Å². The van der Waals surface area contributed by atoms with Crippen LogP contribution in [0.3, 0.4) is 0 Å². The van der Waals surface area contributed by atoms with E-state index in [9.17, 15) is 13.5 Å². The molecular formula is C23H30N6O3S. The monoisotopic (exact) mass is 470 g/mol. The number of nitrogens with one attached hydrogen (secondary N) is 1. The number of hydrogen-bond acceptors (Lipinski definition) is 6. The maximum Gasteiger partial charge on any atom is 0.282 e. The molecule has 1 aromatic carbocycles. The second kappa shape index (κ2) is 9.02. The van der Waals surface area contributed by atoms with E-state index in [4.69, 9.17) is 0 Å². The highest BCUT2D eigenvalue weighted by Gasteiger charge is 2.57. The van der Waals surface area contributed by atoms with Crippen molar-refractivity contribution >= 4 is 27.1 Å². The lowest BCUT2D eigenvalue weighted by atomic mass is 10.1. The lowest BCUT2D eigenvalue weighted by Gasteiger charge is -2.43. The molecule has 2 fully saturated rings. The number of fused-ring (bicyclic) bond motifs is 1. The number of anilines is 1. The lowest BCUT2D eigenvalue weighted by molar-refractivity contribution is 0.233. The van der Waals surface area contributed by atoms with E-state index in [-0.39, 0.29) is 6.61 Å². The minimum Gasteiger partial charge on any atom is -0.396 e. The Bertz CT molecular complexity index is 1200. The molecule has 10 heteroatoms. The van der Waals surface area contributed by atoms with Crippen LogP contribution < -0.4 is 4.90 Å². The van der Waals surface area contributed by atoms with Gasteiger partial charge in [0, 0.05) is 45.5 Å². The summed E-state index contributed by atoms with van der Waals surface area (Å²) in [6.45, 7) is 2.30. The van der Waals surface area contributed by atoms with E-state index >= 15 is 0 Å². The summed E-state index contributed by atoms with van der Waals surface area (Å²) in [5.41, 5.74) is 1.50. The van der Waals surface area contributed by atoms with E-state index in [0.717, 1.165) is 35.3 Å². The minimum atomic E-state index is -3.66. The average molecular weight is 471 g/mol. The third-order valence-electron chi connectivity index (χ3n) is 6.71. The number of rotatable bonds is 9. The second-order valence-corrected chi connectivity index (χ2v) is 10.7. The summed E-state index contributed by atoms with van der Waals surface area (Å²) >= 11 is 0.